The molecule has 6 nitrogen and oxygen atoms in total. The molecule has 1 aliphatic heterocycles. The van der Waals surface area contributed by atoms with Gasteiger partial charge in [-0.1, -0.05) is 30.4 Å². The van der Waals surface area contributed by atoms with Gasteiger partial charge in [0.25, 0.3) is 0 Å². The van der Waals surface area contributed by atoms with Crippen molar-refractivity contribution in [2.24, 2.45) is 0 Å². The molecule has 1 saturated heterocycles. The van der Waals surface area contributed by atoms with E-state index < -0.39 is 6.10 Å². The maximum Gasteiger partial charge on any atom is 0.126 e. The highest BCUT2D eigenvalue weighted by atomic mass is 16.5. The first kappa shape index (κ1) is 23.2. The highest BCUT2D eigenvalue weighted by Crippen LogP contribution is 2.27. The van der Waals surface area contributed by atoms with Crippen molar-refractivity contribution in [2.75, 3.05) is 40.4 Å². The van der Waals surface area contributed by atoms with Crippen molar-refractivity contribution in [2.45, 2.75) is 25.0 Å². The largest absolute Gasteiger partial charge is 0.497 e. The molecular weight excluding hydrogens is 414 g/mol. The van der Waals surface area contributed by atoms with Crippen LogP contribution in [-0.2, 0) is 0 Å². The van der Waals surface area contributed by atoms with Crippen molar-refractivity contribution in [3.8, 4) is 11.5 Å². The zero-order chi connectivity index (χ0) is 23.0. The molecule has 0 saturated carbocycles. The van der Waals surface area contributed by atoms with Gasteiger partial charge >= 0.3 is 0 Å². The molecule has 1 atom stereocenters. The number of piperidine rings is 1. The van der Waals surface area contributed by atoms with Gasteiger partial charge in [0.15, 0.2) is 0 Å². The van der Waals surface area contributed by atoms with Crippen molar-refractivity contribution >= 4 is 17.0 Å². The molecule has 6 heteroatoms. The number of hydrogen-bond donors (Lipinski definition) is 2. The Hall–Kier alpha value is -2.93. The number of hydrogen-bond acceptors (Lipinski definition) is 6. The summed E-state index contributed by atoms with van der Waals surface area (Å²) in [5.41, 5.74) is 2.86. The molecule has 0 spiro atoms. The van der Waals surface area contributed by atoms with Gasteiger partial charge in [-0.05, 0) is 61.8 Å². The normalized spacial score (nSPS) is 16.3. The molecule has 0 bridgehead atoms. The van der Waals surface area contributed by atoms with Gasteiger partial charge in [0.05, 0.1) is 25.8 Å². The van der Waals surface area contributed by atoms with Crippen LogP contribution in [0.5, 0.6) is 11.5 Å². The highest BCUT2D eigenvalue weighted by molar-refractivity contribution is 5.83. The monoisotopic (exact) mass is 447 g/mol. The molecule has 33 heavy (non-hydrogen) atoms. The average Bonchev–Trinajstić information content (AvgIpc) is 2.87. The first-order chi connectivity index (χ1) is 16.2. The molecule has 2 aromatic carbocycles. The van der Waals surface area contributed by atoms with Crippen LogP contribution in [0.4, 0.5) is 0 Å². The smallest absolute Gasteiger partial charge is 0.126 e. The number of aliphatic hydroxyl groups excluding tert-OH is 1. The summed E-state index contributed by atoms with van der Waals surface area (Å²) in [5, 5.41) is 15.6. The Bertz CT molecular complexity index is 1080. The number of aromatic nitrogens is 1. The number of β-amino-alcohol motifs (C(OH)–C–C–N with tert-alkyl or cyclic N) is 1. The van der Waals surface area contributed by atoms with Crippen molar-refractivity contribution in [3.05, 3.63) is 71.9 Å². The van der Waals surface area contributed by atoms with E-state index in [1.165, 1.54) is 0 Å². The number of likely N-dealkylation sites (tertiary alicyclic amines) is 1. The molecule has 1 aliphatic rings. The highest BCUT2D eigenvalue weighted by Gasteiger charge is 2.22. The minimum atomic E-state index is -0.559. The van der Waals surface area contributed by atoms with Crippen LogP contribution in [0.15, 0.2) is 60.8 Å². The van der Waals surface area contributed by atoms with Gasteiger partial charge in [-0.3, -0.25) is 4.98 Å². The van der Waals surface area contributed by atoms with Crippen LogP contribution in [-0.4, -0.2) is 61.4 Å². The lowest BCUT2D eigenvalue weighted by atomic mass is 10.0. The molecular formula is C27H33N3O3. The SMILES string of the molecule is COc1ccc2nccc([C@@H](O)CN3CCC(NCC=Cc4ccccc4OC)CC3)c2c1. The molecule has 2 N–H and O–H groups in total. The second-order valence-electron chi connectivity index (χ2n) is 8.43. The van der Waals surface area contributed by atoms with E-state index in [4.69, 9.17) is 9.47 Å². The Labute approximate surface area is 195 Å². The lowest BCUT2D eigenvalue weighted by Gasteiger charge is -2.33. The summed E-state index contributed by atoms with van der Waals surface area (Å²) in [7, 11) is 3.35. The fourth-order valence-electron chi connectivity index (χ4n) is 4.45. The third-order valence-electron chi connectivity index (χ3n) is 6.32. The molecule has 3 aromatic rings. The number of para-hydroxylation sites is 1. The fraction of sp³-hybridized carbons (Fsp3) is 0.370. The van der Waals surface area contributed by atoms with Crippen LogP contribution in [0.25, 0.3) is 17.0 Å². The molecule has 2 heterocycles. The lowest BCUT2D eigenvalue weighted by Crippen LogP contribution is -2.43. The third kappa shape index (κ3) is 5.90. The van der Waals surface area contributed by atoms with E-state index >= 15 is 0 Å². The number of ether oxygens (including phenoxy) is 2. The topological polar surface area (TPSA) is 66.9 Å². The van der Waals surface area contributed by atoms with Crippen LogP contribution in [0.1, 0.15) is 30.1 Å². The number of fused-ring (bicyclic) bond motifs is 1. The van der Waals surface area contributed by atoms with E-state index in [-0.39, 0.29) is 0 Å². The summed E-state index contributed by atoms with van der Waals surface area (Å²) in [5.74, 6) is 1.66. The standard InChI is InChI=1S/C27H33N3O3/c1-32-22-9-10-25-24(18-22)23(11-15-29-25)26(31)19-30-16-12-21(13-17-30)28-14-5-7-20-6-3-4-8-27(20)33-2/h3-11,15,18,21,26,28,31H,12-14,16-17,19H2,1-2H3/t26-/m0/s1. The number of rotatable bonds is 9. The van der Waals surface area contributed by atoms with Crippen molar-refractivity contribution in [3.63, 3.8) is 0 Å². The maximum atomic E-state index is 11.0. The molecule has 174 valence electrons. The van der Waals surface area contributed by atoms with E-state index in [2.05, 4.69) is 33.4 Å². The Morgan fingerprint density at radius 3 is 2.73 bits per heavy atom. The zero-order valence-corrected chi connectivity index (χ0v) is 19.4. The molecule has 4 rings (SSSR count). The van der Waals surface area contributed by atoms with Gasteiger partial charge in [0.1, 0.15) is 11.5 Å². The Morgan fingerprint density at radius 2 is 1.94 bits per heavy atom. The molecule has 0 unspecified atom stereocenters. The quantitative estimate of drug-likeness (QED) is 0.516. The van der Waals surface area contributed by atoms with Gasteiger partial charge in [0, 0.05) is 36.3 Å². The van der Waals surface area contributed by atoms with E-state index in [9.17, 15) is 5.11 Å². The fourth-order valence-corrected chi connectivity index (χ4v) is 4.45. The van der Waals surface area contributed by atoms with Crippen LogP contribution in [0, 0.1) is 0 Å². The van der Waals surface area contributed by atoms with Crippen LogP contribution in [0.3, 0.4) is 0 Å². The summed E-state index contributed by atoms with van der Waals surface area (Å²) in [6.45, 7) is 3.39. The Balaban J connectivity index is 1.26. The number of benzene rings is 2. The summed E-state index contributed by atoms with van der Waals surface area (Å²) < 4.78 is 10.8. The van der Waals surface area contributed by atoms with Crippen LogP contribution >= 0.6 is 0 Å². The van der Waals surface area contributed by atoms with Gasteiger partial charge in [-0.15, -0.1) is 0 Å². The second kappa shape index (κ2) is 11.3. The minimum absolute atomic E-state index is 0.492. The van der Waals surface area contributed by atoms with Gasteiger partial charge in [-0.2, -0.15) is 0 Å². The van der Waals surface area contributed by atoms with Crippen LogP contribution < -0.4 is 14.8 Å². The lowest BCUT2D eigenvalue weighted by molar-refractivity contribution is 0.0955. The zero-order valence-electron chi connectivity index (χ0n) is 19.4. The second-order valence-corrected chi connectivity index (χ2v) is 8.43. The van der Waals surface area contributed by atoms with E-state index in [0.29, 0.717) is 12.6 Å². The predicted molar refractivity (Wildman–Crippen MR) is 133 cm³/mol. The average molecular weight is 448 g/mol. The van der Waals surface area contributed by atoms with Gasteiger partial charge in [-0.25, -0.2) is 0 Å². The number of aliphatic hydroxyl groups is 1. The van der Waals surface area contributed by atoms with E-state index in [1.54, 1.807) is 20.4 Å². The first-order valence-corrected chi connectivity index (χ1v) is 11.5. The van der Waals surface area contributed by atoms with E-state index in [0.717, 1.165) is 66.0 Å². The third-order valence-corrected chi connectivity index (χ3v) is 6.32. The molecule has 1 aromatic heterocycles. The Morgan fingerprint density at radius 1 is 1.12 bits per heavy atom. The Kier molecular flexibility index (Phi) is 7.94. The summed E-state index contributed by atoms with van der Waals surface area (Å²) in [6.07, 6.45) is 7.60. The summed E-state index contributed by atoms with van der Waals surface area (Å²) >= 11 is 0. The van der Waals surface area contributed by atoms with E-state index in [1.807, 2.05) is 42.5 Å². The molecule has 0 radical (unpaired) electrons. The number of nitrogens with one attached hydrogen (secondary N) is 1. The van der Waals surface area contributed by atoms with Gasteiger partial charge < -0.3 is 24.8 Å². The molecule has 0 aliphatic carbocycles. The molecule has 0 amide bonds. The number of nitrogens with zero attached hydrogens (tertiary/aromatic N) is 2. The first-order valence-electron chi connectivity index (χ1n) is 11.5. The number of pyridine rings is 1. The van der Waals surface area contributed by atoms with Crippen molar-refractivity contribution < 1.29 is 14.6 Å². The van der Waals surface area contributed by atoms with Crippen LogP contribution in [0.2, 0.25) is 0 Å². The number of methoxy groups -OCH3 is 2. The predicted octanol–water partition coefficient (Wildman–Crippen LogP) is 4.05. The van der Waals surface area contributed by atoms with Crippen molar-refractivity contribution in [1.82, 2.24) is 15.2 Å². The summed E-state index contributed by atoms with van der Waals surface area (Å²) in [4.78, 5) is 6.77. The maximum absolute atomic E-state index is 11.0. The van der Waals surface area contributed by atoms with Crippen molar-refractivity contribution in [1.29, 1.82) is 0 Å². The minimum Gasteiger partial charge on any atom is -0.497 e. The summed E-state index contributed by atoms with van der Waals surface area (Å²) in [6, 6.07) is 16.2. The molecule has 1 fully saturated rings. The van der Waals surface area contributed by atoms with Gasteiger partial charge in [0.2, 0.25) is 0 Å².